The first kappa shape index (κ1) is 21.7. The predicted molar refractivity (Wildman–Crippen MR) is 137 cm³/mol. The van der Waals surface area contributed by atoms with Crippen LogP contribution in [0.2, 0.25) is 0 Å². The molecular weight excluding hydrogens is 434 g/mol. The monoisotopic (exact) mass is 461 g/mol. The molecule has 3 aromatic carbocycles. The van der Waals surface area contributed by atoms with Crippen LogP contribution in [0.3, 0.4) is 0 Å². The van der Waals surface area contributed by atoms with Crippen molar-refractivity contribution in [3.8, 4) is 11.1 Å². The highest BCUT2D eigenvalue weighted by molar-refractivity contribution is 6.06. The molecule has 6 rings (SSSR count). The maximum atomic E-state index is 13.4. The van der Waals surface area contributed by atoms with Gasteiger partial charge in [0.2, 0.25) is 0 Å². The summed E-state index contributed by atoms with van der Waals surface area (Å²) in [5.74, 6) is -0.610. The lowest BCUT2D eigenvalue weighted by molar-refractivity contribution is 0.0475. The molecule has 0 amide bonds. The Bertz CT molecular complexity index is 1470. The van der Waals surface area contributed by atoms with Crippen molar-refractivity contribution < 1.29 is 14.3 Å². The van der Waals surface area contributed by atoms with Gasteiger partial charge in [-0.25, -0.2) is 4.79 Å². The highest BCUT2D eigenvalue weighted by atomic mass is 16.5. The number of pyridine rings is 1. The molecule has 0 saturated carbocycles. The van der Waals surface area contributed by atoms with Crippen LogP contribution in [0.15, 0.2) is 66.7 Å². The maximum Gasteiger partial charge on any atom is 0.339 e. The number of carbonyl (C=O) groups is 2. The topological polar surface area (TPSA) is 56.3 Å². The molecule has 2 aliphatic rings. The first-order valence-electron chi connectivity index (χ1n) is 12.5. The van der Waals surface area contributed by atoms with E-state index in [0.29, 0.717) is 11.1 Å². The molecule has 0 spiro atoms. The lowest BCUT2D eigenvalue weighted by Gasteiger charge is -2.18. The van der Waals surface area contributed by atoms with E-state index in [9.17, 15) is 9.59 Å². The zero-order valence-electron chi connectivity index (χ0n) is 19.7. The van der Waals surface area contributed by atoms with Gasteiger partial charge < -0.3 is 4.74 Å². The van der Waals surface area contributed by atoms with Crippen LogP contribution in [0.4, 0.5) is 0 Å². The number of para-hydroxylation sites is 1. The average Bonchev–Trinajstić information content (AvgIpc) is 3.24. The number of esters is 1. The third-order valence-corrected chi connectivity index (χ3v) is 7.32. The minimum Gasteiger partial charge on any atom is -0.454 e. The Balaban J connectivity index is 1.25. The van der Waals surface area contributed by atoms with Gasteiger partial charge in [-0.1, -0.05) is 67.4 Å². The largest absolute Gasteiger partial charge is 0.454 e. The standard InChI is InChI=1S/C31H27NO3/c33-29(21-15-16-24-22(18-21)17-20-9-5-6-10-23(20)24)19-35-31(34)30-25-11-3-1-2-4-13-27(25)32-28-14-8-7-12-26(28)30/h5-10,12,14-16,18H,1-4,11,13,17,19H2. The number of carbonyl (C=O) groups excluding carboxylic acids is 2. The van der Waals surface area contributed by atoms with Crippen LogP contribution < -0.4 is 0 Å². The number of benzene rings is 3. The summed E-state index contributed by atoms with van der Waals surface area (Å²) in [7, 11) is 0. The van der Waals surface area contributed by atoms with Crippen molar-refractivity contribution in [2.45, 2.75) is 44.9 Å². The number of aromatic nitrogens is 1. The molecule has 0 unspecified atom stereocenters. The fourth-order valence-corrected chi connectivity index (χ4v) is 5.56. The Morgan fingerprint density at radius 3 is 2.49 bits per heavy atom. The molecule has 0 radical (unpaired) electrons. The summed E-state index contributed by atoms with van der Waals surface area (Å²) >= 11 is 0. The molecule has 0 bridgehead atoms. The molecule has 4 aromatic rings. The third kappa shape index (κ3) is 4.03. The summed E-state index contributed by atoms with van der Waals surface area (Å²) < 4.78 is 5.66. The molecule has 1 heterocycles. The molecule has 1 aromatic heterocycles. The van der Waals surface area contributed by atoms with Gasteiger partial charge in [-0.2, -0.15) is 0 Å². The molecule has 0 aliphatic heterocycles. The number of ether oxygens (including phenoxy) is 1. The van der Waals surface area contributed by atoms with E-state index in [4.69, 9.17) is 9.72 Å². The van der Waals surface area contributed by atoms with E-state index in [1.165, 1.54) is 23.1 Å². The van der Waals surface area contributed by atoms with E-state index >= 15 is 0 Å². The van der Waals surface area contributed by atoms with Crippen molar-refractivity contribution in [1.29, 1.82) is 0 Å². The fraction of sp³-hybridized carbons (Fsp3) is 0.258. The minimum absolute atomic E-state index is 0.182. The number of Topliss-reactive ketones (excluding diaryl/α,β-unsaturated/α-hetero) is 1. The summed E-state index contributed by atoms with van der Waals surface area (Å²) in [4.78, 5) is 31.3. The summed E-state index contributed by atoms with van der Waals surface area (Å²) in [6.45, 7) is -0.268. The Hall–Kier alpha value is -3.79. The number of aryl methyl sites for hydroxylation is 1. The number of fused-ring (bicyclic) bond motifs is 5. The lowest BCUT2D eigenvalue weighted by atomic mass is 9.91. The Labute approximate surface area is 205 Å². The van der Waals surface area contributed by atoms with E-state index in [2.05, 4.69) is 12.1 Å². The van der Waals surface area contributed by atoms with Gasteiger partial charge in [0.25, 0.3) is 0 Å². The number of nitrogens with zero attached hydrogens (tertiary/aromatic N) is 1. The van der Waals surface area contributed by atoms with Gasteiger partial charge in [0.15, 0.2) is 12.4 Å². The van der Waals surface area contributed by atoms with Gasteiger partial charge >= 0.3 is 5.97 Å². The molecule has 35 heavy (non-hydrogen) atoms. The van der Waals surface area contributed by atoms with Crippen molar-refractivity contribution in [2.24, 2.45) is 0 Å². The fourth-order valence-electron chi connectivity index (χ4n) is 5.56. The average molecular weight is 462 g/mol. The van der Waals surface area contributed by atoms with Crippen molar-refractivity contribution >= 4 is 22.7 Å². The summed E-state index contributed by atoms with van der Waals surface area (Å²) in [6, 6.07) is 21.9. The van der Waals surface area contributed by atoms with Crippen LogP contribution in [-0.2, 0) is 24.0 Å². The van der Waals surface area contributed by atoms with Gasteiger partial charge in [-0.05, 0) is 72.1 Å². The quantitative estimate of drug-likeness (QED) is 0.226. The van der Waals surface area contributed by atoms with Crippen molar-refractivity contribution in [3.05, 3.63) is 100 Å². The Morgan fingerprint density at radius 2 is 1.57 bits per heavy atom. The SMILES string of the molecule is O=C(COC(=O)c1c2c(nc3ccccc13)CCCCCC2)c1ccc2c(c1)Cc1ccccc1-2. The zero-order chi connectivity index (χ0) is 23.8. The van der Waals surface area contributed by atoms with E-state index < -0.39 is 5.97 Å². The summed E-state index contributed by atoms with van der Waals surface area (Å²) in [5.41, 5.74) is 8.80. The van der Waals surface area contributed by atoms with E-state index in [1.54, 1.807) is 0 Å². The first-order valence-corrected chi connectivity index (χ1v) is 12.5. The second-order valence-electron chi connectivity index (χ2n) is 9.55. The molecule has 0 atom stereocenters. The Morgan fingerprint density at radius 1 is 0.800 bits per heavy atom. The molecule has 174 valence electrons. The third-order valence-electron chi connectivity index (χ3n) is 7.32. The van der Waals surface area contributed by atoms with Crippen molar-refractivity contribution in [2.75, 3.05) is 6.61 Å². The second kappa shape index (κ2) is 9.10. The van der Waals surface area contributed by atoms with Gasteiger partial charge in [-0.3, -0.25) is 9.78 Å². The molecule has 0 fully saturated rings. The molecule has 4 heteroatoms. The van der Waals surface area contributed by atoms with Crippen LogP contribution >= 0.6 is 0 Å². The number of rotatable bonds is 4. The predicted octanol–water partition coefficient (Wildman–Crippen LogP) is 6.50. The smallest absolute Gasteiger partial charge is 0.339 e. The molecule has 0 N–H and O–H groups in total. The van der Waals surface area contributed by atoms with Gasteiger partial charge in [0.1, 0.15) is 0 Å². The van der Waals surface area contributed by atoms with Crippen molar-refractivity contribution in [3.63, 3.8) is 0 Å². The minimum atomic E-state index is -0.428. The van der Waals surface area contributed by atoms with Crippen molar-refractivity contribution in [1.82, 2.24) is 4.98 Å². The lowest BCUT2D eigenvalue weighted by Crippen LogP contribution is -2.18. The number of hydrogen-bond donors (Lipinski definition) is 0. The first-order chi connectivity index (χ1) is 17.2. The number of hydrogen-bond acceptors (Lipinski definition) is 4. The van der Waals surface area contributed by atoms with Crippen LogP contribution in [0.5, 0.6) is 0 Å². The Kier molecular flexibility index (Phi) is 5.65. The number of ketones is 1. The summed E-state index contributed by atoms with van der Waals surface area (Å²) in [5, 5.41) is 0.805. The van der Waals surface area contributed by atoms with Gasteiger partial charge in [0, 0.05) is 16.6 Å². The van der Waals surface area contributed by atoms with Gasteiger partial charge in [-0.15, -0.1) is 0 Å². The van der Waals surface area contributed by atoms with Crippen LogP contribution in [0.25, 0.3) is 22.0 Å². The van der Waals surface area contributed by atoms with E-state index in [0.717, 1.165) is 66.2 Å². The highest BCUT2D eigenvalue weighted by Crippen LogP contribution is 2.37. The molecule has 2 aliphatic carbocycles. The second-order valence-corrected chi connectivity index (χ2v) is 9.55. The van der Waals surface area contributed by atoms with Crippen LogP contribution in [-0.4, -0.2) is 23.3 Å². The molecule has 4 nitrogen and oxygen atoms in total. The van der Waals surface area contributed by atoms with Gasteiger partial charge in [0.05, 0.1) is 11.1 Å². The van der Waals surface area contributed by atoms with Crippen LogP contribution in [0, 0.1) is 0 Å². The molecular formula is C31H27NO3. The normalized spacial score (nSPS) is 14.4. The van der Waals surface area contributed by atoms with E-state index in [-0.39, 0.29) is 12.4 Å². The summed E-state index contributed by atoms with van der Waals surface area (Å²) in [6.07, 6.45) is 6.96. The molecule has 0 saturated heterocycles. The highest BCUT2D eigenvalue weighted by Gasteiger charge is 2.24. The van der Waals surface area contributed by atoms with E-state index in [1.807, 2.05) is 54.6 Å². The maximum absolute atomic E-state index is 13.4. The van der Waals surface area contributed by atoms with Crippen LogP contribution in [0.1, 0.15) is 68.8 Å². The zero-order valence-corrected chi connectivity index (χ0v) is 19.7.